The van der Waals surface area contributed by atoms with E-state index in [1.54, 1.807) is 23.1 Å². The number of ketones is 1. The summed E-state index contributed by atoms with van der Waals surface area (Å²) in [5.41, 5.74) is 0.740. The molecule has 2 fully saturated rings. The van der Waals surface area contributed by atoms with E-state index >= 15 is 0 Å². The number of hydrogen-bond donors (Lipinski definition) is 0. The quantitative estimate of drug-likeness (QED) is 0.812. The summed E-state index contributed by atoms with van der Waals surface area (Å²) in [6.45, 7) is 0.774. The number of anilines is 2. The number of benzene rings is 1. The van der Waals surface area contributed by atoms with Crippen LogP contribution in [0.25, 0.3) is 0 Å². The Labute approximate surface area is 141 Å². The first-order valence-electron chi connectivity index (χ1n) is 7.67. The Morgan fingerprint density at radius 3 is 2.80 bits per heavy atom. The van der Waals surface area contributed by atoms with Crippen LogP contribution in [0, 0.1) is 5.82 Å². The van der Waals surface area contributed by atoms with E-state index in [4.69, 9.17) is 9.47 Å². The van der Waals surface area contributed by atoms with Gasteiger partial charge in [-0.3, -0.25) is 9.69 Å². The Kier molecular flexibility index (Phi) is 3.75. The molecule has 8 nitrogen and oxygen atoms in total. The topological polar surface area (TPSA) is 85.1 Å². The van der Waals surface area contributed by atoms with Gasteiger partial charge in [-0.15, -0.1) is 0 Å². The van der Waals surface area contributed by atoms with Crippen LogP contribution >= 0.6 is 0 Å². The van der Waals surface area contributed by atoms with Gasteiger partial charge >= 0.3 is 6.09 Å². The third-order valence-electron chi connectivity index (χ3n) is 4.02. The van der Waals surface area contributed by atoms with Crippen molar-refractivity contribution in [1.29, 1.82) is 0 Å². The Balaban J connectivity index is 1.42. The lowest BCUT2D eigenvalue weighted by Gasteiger charge is -2.32. The van der Waals surface area contributed by atoms with E-state index in [0.717, 1.165) is 0 Å². The molecule has 0 unspecified atom stereocenters. The zero-order valence-electron chi connectivity index (χ0n) is 13.1. The zero-order chi connectivity index (χ0) is 17.4. The zero-order valence-corrected chi connectivity index (χ0v) is 13.1. The number of aromatic nitrogens is 1. The van der Waals surface area contributed by atoms with Crippen LogP contribution in [-0.4, -0.2) is 49.4 Å². The van der Waals surface area contributed by atoms with Crippen molar-refractivity contribution in [2.75, 3.05) is 36.0 Å². The highest BCUT2D eigenvalue weighted by Crippen LogP contribution is 2.29. The fraction of sp³-hybridized carbons (Fsp3) is 0.312. The molecule has 0 bridgehead atoms. The highest BCUT2D eigenvalue weighted by atomic mass is 19.1. The second-order valence-electron chi connectivity index (χ2n) is 5.80. The predicted molar refractivity (Wildman–Crippen MR) is 83.2 cm³/mol. The third kappa shape index (κ3) is 3.00. The molecule has 2 aliphatic rings. The van der Waals surface area contributed by atoms with Crippen LogP contribution in [0.4, 0.5) is 20.6 Å². The first kappa shape index (κ1) is 15.4. The highest BCUT2D eigenvalue weighted by Gasteiger charge is 2.34. The minimum absolute atomic E-state index is 0.0709. The highest BCUT2D eigenvalue weighted by molar-refractivity contribution is 5.96. The molecule has 9 heteroatoms. The first-order chi connectivity index (χ1) is 12.1. The van der Waals surface area contributed by atoms with Crippen molar-refractivity contribution < 1.29 is 28.0 Å². The van der Waals surface area contributed by atoms with Crippen molar-refractivity contribution in [2.45, 2.75) is 6.10 Å². The van der Waals surface area contributed by atoms with Gasteiger partial charge in [0.1, 0.15) is 18.7 Å². The molecule has 1 aromatic carbocycles. The monoisotopic (exact) mass is 347 g/mol. The Hall–Kier alpha value is -3.10. The lowest BCUT2D eigenvalue weighted by Crippen LogP contribution is -2.47. The van der Waals surface area contributed by atoms with Gasteiger partial charge in [0.25, 0.3) is 5.88 Å². The number of ether oxygens (including phenoxy) is 2. The minimum Gasteiger partial charge on any atom is -0.471 e. The lowest BCUT2D eigenvalue weighted by molar-refractivity contribution is -0.119. The smallest absolute Gasteiger partial charge is 0.414 e. The van der Waals surface area contributed by atoms with Gasteiger partial charge < -0.3 is 18.9 Å². The Morgan fingerprint density at radius 1 is 1.28 bits per heavy atom. The summed E-state index contributed by atoms with van der Waals surface area (Å²) in [6, 6.07) is 6.00. The number of halogens is 1. The maximum Gasteiger partial charge on any atom is 0.414 e. The first-order valence-corrected chi connectivity index (χ1v) is 7.67. The normalized spacial score (nSPS) is 19.8. The van der Waals surface area contributed by atoms with Crippen LogP contribution < -0.4 is 14.5 Å². The molecule has 1 aromatic heterocycles. The molecule has 0 N–H and O–H groups in total. The average molecular weight is 347 g/mol. The molecule has 1 amide bonds. The second-order valence-corrected chi connectivity index (χ2v) is 5.80. The summed E-state index contributed by atoms with van der Waals surface area (Å²) in [5.74, 6) is -0.115. The van der Waals surface area contributed by atoms with Crippen molar-refractivity contribution in [3.05, 3.63) is 36.3 Å². The molecule has 2 saturated heterocycles. The van der Waals surface area contributed by atoms with Crippen LogP contribution in [-0.2, 0) is 9.53 Å². The van der Waals surface area contributed by atoms with E-state index in [2.05, 4.69) is 9.68 Å². The molecule has 130 valence electrons. The Bertz CT molecular complexity index is 802. The van der Waals surface area contributed by atoms with Crippen molar-refractivity contribution >= 4 is 23.3 Å². The molecule has 25 heavy (non-hydrogen) atoms. The Morgan fingerprint density at radius 2 is 2.12 bits per heavy atom. The van der Waals surface area contributed by atoms with Gasteiger partial charge in [0, 0.05) is 6.07 Å². The van der Waals surface area contributed by atoms with Gasteiger partial charge in [0.15, 0.2) is 11.9 Å². The van der Waals surface area contributed by atoms with Crippen molar-refractivity contribution in [3.8, 4) is 5.88 Å². The molecule has 0 saturated carbocycles. The van der Waals surface area contributed by atoms with Gasteiger partial charge in [-0.2, -0.15) is 0 Å². The molecule has 3 heterocycles. The maximum atomic E-state index is 14.3. The number of amides is 1. The number of hydrogen-bond acceptors (Lipinski definition) is 7. The van der Waals surface area contributed by atoms with Crippen LogP contribution in [0.3, 0.4) is 0 Å². The summed E-state index contributed by atoms with van der Waals surface area (Å²) >= 11 is 0. The van der Waals surface area contributed by atoms with Gasteiger partial charge in [-0.05, 0) is 23.4 Å². The standard InChI is InChI=1S/C16H14FN3O5/c17-13-5-10(1-2-14(13)19-6-11(21)7-19)20-8-12(25-16(20)22)9-23-15-3-4-24-18-15/h1-5,12H,6-9H2/t12-/m1/s1. The third-order valence-corrected chi connectivity index (χ3v) is 4.02. The van der Waals surface area contributed by atoms with Crippen LogP contribution in [0.15, 0.2) is 35.1 Å². The SMILES string of the molecule is O=C1CN(c2ccc(N3C[C@H](COc4ccon4)OC3=O)cc2F)C1. The van der Waals surface area contributed by atoms with Gasteiger partial charge in [0.2, 0.25) is 0 Å². The van der Waals surface area contributed by atoms with Crippen LogP contribution in [0.2, 0.25) is 0 Å². The minimum atomic E-state index is -0.569. The molecular formula is C16H14FN3O5. The number of nitrogens with zero attached hydrogens (tertiary/aromatic N) is 3. The molecular weight excluding hydrogens is 333 g/mol. The fourth-order valence-corrected chi connectivity index (χ4v) is 2.74. The van der Waals surface area contributed by atoms with E-state index in [1.165, 1.54) is 17.2 Å². The molecule has 0 aliphatic carbocycles. The number of cyclic esters (lactones) is 1. The van der Waals surface area contributed by atoms with Crippen molar-refractivity contribution in [2.24, 2.45) is 0 Å². The van der Waals surface area contributed by atoms with Gasteiger partial charge in [0.05, 0.1) is 31.0 Å². The van der Waals surface area contributed by atoms with E-state index < -0.39 is 18.0 Å². The molecule has 4 rings (SSSR count). The number of carbonyl (C=O) groups is 2. The van der Waals surface area contributed by atoms with Crippen LogP contribution in [0.5, 0.6) is 5.88 Å². The molecule has 2 aliphatic heterocycles. The summed E-state index contributed by atoms with van der Waals surface area (Å²) in [5, 5.41) is 3.60. The van der Waals surface area contributed by atoms with E-state index in [9.17, 15) is 14.0 Å². The maximum absolute atomic E-state index is 14.3. The van der Waals surface area contributed by atoms with E-state index in [1.807, 2.05) is 0 Å². The number of Topliss-reactive ketones (excluding diaryl/α,β-unsaturated/α-hetero) is 1. The number of rotatable bonds is 5. The van der Waals surface area contributed by atoms with E-state index in [-0.39, 0.29) is 32.0 Å². The molecule has 0 spiro atoms. The fourth-order valence-electron chi connectivity index (χ4n) is 2.74. The van der Waals surface area contributed by atoms with Crippen LogP contribution in [0.1, 0.15) is 0 Å². The molecule has 2 aromatic rings. The van der Waals surface area contributed by atoms with Gasteiger partial charge in [-0.25, -0.2) is 9.18 Å². The largest absolute Gasteiger partial charge is 0.471 e. The van der Waals surface area contributed by atoms with Crippen molar-refractivity contribution in [1.82, 2.24) is 5.16 Å². The predicted octanol–water partition coefficient (Wildman–Crippen LogP) is 1.61. The molecule has 1 atom stereocenters. The summed E-state index contributed by atoms with van der Waals surface area (Å²) in [4.78, 5) is 26.0. The summed E-state index contributed by atoms with van der Waals surface area (Å²) in [7, 11) is 0. The second kappa shape index (κ2) is 6.08. The summed E-state index contributed by atoms with van der Waals surface area (Å²) in [6.07, 6.45) is 0.304. The molecule has 0 radical (unpaired) electrons. The van der Waals surface area contributed by atoms with Crippen molar-refractivity contribution in [3.63, 3.8) is 0 Å². The average Bonchev–Trinajstić information content (AvgIpc) is 3.20. The van der Waals surface area contributed by atoms with Gasteiger partial charge in [-0.1, -0.05) is 0 Å². The lowest BCUT2D eigenvalue weighted by atomic mass is 10.1. The number of carbonyl (C=O) groups excluding carboxylic acids is 2. The van der Waals surface area contributed by atoms with E-state index in [0.29, 0.717) is 17.3 Å². The summed E-state index contributed by atoms with van der Waals surface area (Å²) < 4.78 is 29.5.